The van der Waals surface area contributed by atoms with E-state index >= 15 is 0 Å². The lowest BCUT2D eigenvalue weighted by Crippen LogP contribution is -2.45. The van der Waals surface area contributed by atoms with E-state index in [2.05, 4.69) is 40.3 Å². The van der Waals surface area contributed by atoms with Crippen molar-refractivity contribution in [1.82, 2.24) is 0 Å². The molecule has 4 fully saturated rings. The summed E-state index contributed by atoms with van der Waals surface area (Å²) in [5.41, 5.74) is 2.61. The molecule has 0 aliphatic heterocycles. The minimum absolute atomic E-state index is 0.554. The van der Waals surface area contributed by atoms with Crippen molar-refractivity contribution >= 4 is 0 Å². The second-order valence-corrected chi connectivity index (χ2v) is 11.2. The molecule has 1 spiro atoms. The van der Waals surface area contributed by atoms with Gasteiger partial charge in [-0.2, -0.15) is 0 Å². The van der Waals surface area contributed by atoms with E-state index in [1.54, 1.807) is 25.7 Å². The van der Waals surface area contributed by atoms with E-state index in [9.17, 15) is 0 Å². The molecule has 4 aliphatic rings. The highest BCUT2D eigenvalue weighted by atomic mass is 14.9. The van der Waals surface area contributed by atoms with Crippen molar-refractivity contribution in [3.8, 4) is 0 Å². The van der Waals surface area contributed by atoms with E-state index in [1.807, 2.05) is 0 Å². The first kappa shape index (κ1) is 19.1. The maximum atomic E-state index is 4.02. The Labute approximate surface area is 163 Å². The Bertz CT molecular complexity index is 548. The average Bonchev–Trinajstić information content (AvgIpc) is 3.07. The number of rotatable bonds is 7. The lowest BCUT2D eigenvalue weighted by Gasteiger charge is -2.51. The summed E-state index contributed by atoms with van der Waals surface area (Å²) < 4.78 is 0. The highest BCUT2D eigenvalue weighted by Crippen LogP contribution is 2.90. The average molecular weight is 357 g/mol. The van der Waals surface area contributed by atoms with Crippen LogP contribution in [0.3, 0.4) is 0 Å². The Morgan fingerprint density at radius 2 is 1.88 bits per heavy atom. The van der Waals surface area contributed by atoms with Gasteiger partial charge in [0.1, 0.15) is 0 Å². The topological polar surface area (TPSA) is 0 Å². The minimum atomic E-state index is 0.554. The second kappa shape index (κ2) is 6.38. The van der Waals surface area contributed by atoms with Crippen LogP contribution in [0.15, 0.2) is 12.7 Å². The second-order valence-electron chi connectivity index (χ2n) is 11.2. The molecule has 0 amide bonds. The molecule has 0 heteroatoms. The third-order valence-corrected chi connectivity index (χ3v) is 10.9. The molecule has 148 valence electrons. The van der Waals surface area contributed by atoms with Gasteiger partial charge in [-0.3, -0.25) is 0 Å². The molecule has 7 atom stereocenters. The van der Waals surface area contributed by atoms with Gasteiger partial charge in [0.25, 0.3) is 0 Å². The number of hydrogen-bond donors (Lipinski definition) is 0. The van der Waals surface area contributed by atoms with E-state index < -0.39 is 0 Å². The molecule has 0 aromatic heterocycles. The number of allylic oxidation sites excluding steroid dienone is 1. The Hall–Kier alpha value is -0.260. The molecule has 0 radical (unpaired) electrons. The third-order valence-electron chi connectivity index (χ3n) is 10.9. The quantitative estimate of drug-likeness (QED) is 0.403. The largest absolute Gasteiger partial charge is 0.103 e. The van der Waals surface area contributed by atoms with E-state index in [-0.39, 0.29) is 0 Å². The molecule has 0 aromatic carbocycles. The van der Waals surface area contributed by atoms with Crippen molar-refractivity contribution < 1.29 is 0 Å². The Morgan fingerprint density at radius 3 is 2.58 bits per heavy atom. The first-order valence-electron chi connectivity index (χ1n) is 12.1. The number of hydrogen-bond acceptors (Lipinski definition) is 0. The van der Waals surface area contributed by atoms with Crippen LogP contribution in [0.1, 0.15) is 111 Å². The third kappa shape index (κ3) is 2.14. The predicted octanol–water partition coefficient (Wildman–Crippen LogP) is 8.17. The predicted molar refractivity (Wildman–Crippen MR) is 113 cm³/mol. The van der Waals surface area contributed by atoms with Crippen LogP contribution in [0, 0.1) is 39.4 Å². The zero-order valence-electron chi connectivity index (χ0n) is 18.2. The smallest absolute Gasteiger partial charge is 0.0171 e. The minimum Gasteiger partial charge on any atom is -0.103 e. The zero-order chi connectivity index (χ0) is 18.6. The normalized spacial score (nSPS) is 52.5. The van der Waals surface area contributed by atoms with Gasteiger partial charge >= 0.3 is 0 Å². The van der Waals surface area contributed by atoms with Crippen LogP contribution in [-0.2, 0) is 0 Å². The Balaban J connectivity index is 1.70. The molecule has 0 heterocycles. The maximum absolute atomic E-state index is 4.02. The molecule has 0 bridgehead atoms. The molecular formula is C26H44. The standard InChI is InChI=1S/C26H44/c1-6-9-12-21-14-17-24(5,23(21,4)15-7-2)26-18-20(8-3)22-13-10-11-16-25(22,26)19-26/h6,20-22H,1,7-19H2,2-5H3/t20-,21?,22?,23?,24?,25?,26?/m0/s1. The van der Waals surface area contributed by atoms with Crippen molar-refractivity contribution in [1.29, 1.82) is 0 Å². The van der Waals surface area contributed by atoms with Gasteiger partial charge in [-0.05, 0) is 97.2 Å². The molecular weight excluding hydrogens is 312 g/mol. The molecule has 0 N–H and O–H groups in total. The van der Waals surface area contributed by atoms with Crippen molar-refractivity contribution in [2.45, 2.75) is 111 Å². The Morgan fingerprint density at radius 1 is 1.08 bits per heavy atom. The maximum Gasteiger partial charge on any atom is -0.0171 e. The molecule has 4 saturated carbocycles. The molecule has 0 aromatic rings. The van der Waals surface area contributed by atoms with Gasteiger partial charge in [-0.1, -0.05) is 59.5 Å². The van der Waals surface area contributed by atoms with Gasteiger partial charge in [-0.15, -0.1) is 6.58 Å². The summed E-state index contributed by atoms with van der Waals surface area (Å²) in [6.45, 7) is 14.5. The summed E-state index contributed by atoms with van der Waals surface area (Å²) in [5, 5.41) is 0. The molecule has 4 aliphatic carbocycles. The highest BCUT2D eigenvalue weighted by molar-refractivity contribution is 5.31. The fourth-order valence-electron chi connectivity index (χ4n) is 9.61. The molecule has 26 heavy (non-hydrogen) atoms. The van der Waals surface area contributed by atoms with Crippen LogP contribution in [-0.4, -0.2) is 0 Å². The van der Waals surface area contributed by atoms with Gasteiger partial charge in [0.05, 0.1) is 0 Å². The van der Waals surface area contributed by atoms with Gasteiger partial charge in [0.15, 0.2) is 0 Å². The van der Waals surface area contributed by atoms with Crippen molar-refractivity contribution in [3.63, 3.8) is 0 Å². The summed E-state index contributed by atoms with van der Waals surface area (Å²) in [6, 6.07) is 0. The zero-order valence-corrected chi connectivity index (χ0v) is 18.2. The van der Waals surface area contributed by atoms with Crippen LogP contribution in [0.25, 0.3) is 0 Å². The van der Waals surface area contributed by atoms with Gasteiger partial charge < -0.3 is 0 Å². The van der Waals surface area contributed by atoms with Crippen LogP contribution < -0.4 is 0 Å². The van der Waals surface area contributed by atoms with Crippen LogP contribution in [0.4, 0.5) is 0 Å². The van der Waals surface area contributed by atoms with Crippen LogP contribution in [0.5, 0.6) is 0 Å². The summed E-state index contributed by atoms with van der Waals surface area (Å²) in [7, 11) is 0. The van der Waals surface area contributed by atoms with E-state index in [0.29, 0.717) is 16.2 Å². The molecule has 0 saturated heterocycles. The summed E-state index contributed by atoms with van der Waals surface area (Å²) in [5.74, 6) is 3.05. The summed E-state index contributed by atoms with van der Waals surface area (Å²) in [4.78, 5) is 0. The first-order chi connectivity index (χ1) is 12.4. The lowest BCUT2D eigenvalue weighted by atomic mass is 9.53. The van der Waals surface area contributed by atoms with E-state index in [1.165, 1.54) is 57.8 Å². The highest BCUT2D eigenvalue weighted by Gasteiger charge is 2.83. The fourth-order valence-corrected chi connectivity index (χ4v) is 9.61. The van der Waals surface area contributed by atoms with E-state index in [4.69, 9.17) is 0 Å². The SMILES string of the molecule is C=CCCC1CCC(C)(C23C[C@H](CC)C4CCCCC42C3)C1(C)CCC. The first-order valence-corrected chi connectivity index (χ1v) is 12.1. The van der Waals surface area contributed by atoms with Crippen LogP contribution in [0.2, 0.25) is 0 Å². The summed E-state index contributed by atoms with van der Waals surface area (Å²) >= 11 is 0. The van der Waals surface area contributed by atoms with Gasteiger partial charge in [-0.25, -0.2) is 0 Å². The fraction of sp³-hybridized carbons (Fsp3) is 0.923. The molecule has 4 rings (SSSR count). The Kier molecular flexibility index (Phi) is 4.68. The monoisotopic (exact) mass is 356 g/mol. The van der Waals surface area contributed by atoms with Gasteiger partial charge in [0, 0.05) is 0 Å². The van der Waals surface area contributed by atoms with Crippen molar-refractivity contribution in [2.24, 2.45) is 39.4 Å². The van der Waals surface area contributed by atoms with Crippen molar-refractivity contribution in [2.75, 3.05) is 0 Å². The lowest BCUT2D eigenvalue weighted by molar-refractivity contribution is -0.0337. The van der Waals surface area contributed by atoms with Gasteiger partial charge in [0.2, 0.25) is 0 Å². The molecule has 6 unspecified atom stereocenters. The summed E-state index contributed by atoms with van der Waals surface area (Å²) in [6.07, 6.45) is 21.4. The van der Waals surface area contributed by atoms with Crippen LogP contribution >= 0.6 is 0 Å². The molecule has 0 nitrogen and oxygen atoms in total. The van der Waals surface area contributed by atoms with E-state index in [0.717, 1.165) is 23.2 Å². The van der Waals surface area contributed by atoms with Crippen molar-refractivity contribution in [3.05, 3.63) is 12.7 Å².